The number of carbonyl (C=O) groups excluding carboxylic acids is 2. The number of hydrogen-bond acceptors (Lipinski definition) is 6. The lowest BCUT2D eigenvalue weighted by molar-refractivity contribution is -0.134. The van der Waals surface area contributed by atoms with E-state index < -0.39 is 0 Å². The number of hydrogen-bond donors (Lipinski definition) is 3. The standard InChI is InChI=1S/C32H31N5O4/c38-18-19-4-6-21(7-5-19)28-26(29-27-24(30(39)35-34-29)2-1-3-25(27)33-28)20-8-10-22(11-9-20)31(40)36-14-16-37(17-15-36)32(41)23-12-13-23/h1-11,23,26,28,33,38H,12-18H2,(H,35,39). The molecule has 2 unspecified atom stereocenters. The fourth-order valence-electron chi connectivity index (χ4n) is 6.19. The zero-order valence-electron chi connectivity index (χ0n) is 22.5. The molecule has 3 N–H and O–H groups in total. The molecule has 41 heavy (non-hydrogen) atoms. The summed E-state index contributed by atoms with van der Waals surface area (Å²) in [5, 5.41) is 21.8. The lowest BCUT2D eigenvalue weighted by atomic mass is 9.79. The average molecular weight is 550 g/mol. The third-order valence-electron chi connectivity index (χ3n) is 8.63. The first-order valence-corrected chi connectivity index (χ1v) is 14.2. The van der Waals surface area contributed by atoms with Crippen LogP contribution >= 0.6 is 0 Å². The largest absolute Gasteiger partial charge is 0.392 e. The number of carbonyl (C=O) groups is 2. The molecule has 1 aliphatic carbocycles. The molecule has 2 aliphatic heterocycles. The number of nitrogens with one attached hydrogen (secondary N) is 2. The van der Waals surface area contributed by atoms with Crippen LogP contribution in [0.5, 0.6) is 0 Å². The maximum atomic E-state index is 13.3. The predicted octanol–water partition coefficient (Wildman–Crippen LogP) is 3.41. The summed E-state index contributed by atoms with van der Waals surface area (Å²) in [5.41, 5.74) is 4.77. The van der Waals surface area contributed by atoms with E-state index >= 15 is 0 Å². The summed E-state index contributed by atoms with van der Waals surface area (Å²) < 4.78 is 0. The second-order valence-electron chi connectivity index (χ2n) is 11.2. The Morgan fingerprint density at radius 2 is 1.56 bits per heavy atom. The summed E-state index contributed by atoms with van der Waals surface area (Å²) in [6.45, 7) is 2.20. The molecule has 9 nitrogen and oxygen atoms in total. The molecule has 0 bridgehead atoms. The van der Waals surface area contributed by atoms with Crippen molar-refractivity contribution in [1.29, 1.82) is 0 Å². The summed E-state index contributed by atoms with van der Waals surface area (Å²) in [6.07, 6.45) is 1.97. The van der Waals surface area contributed by atoms with Crippen molar-refractivity contribution in [2.75, 3.05) is 31.5 Å². The van der Waals surface area contributed by atoms with Crippen LogP contribution in [0.1, 0.15) is 57.5 Å². The van der Waals surface area contributed by atoms with Crippen LogP contribution in [0.15, 0.2) is 71.5 Å². The van der Waals surface area contributed by atoms with Crippen LogP contribution < -0.4 is 10.9 Å². The van der Waals surface area contributed by atoms with Crippen LogP contribution in [0.3, 0.4) is 0 Å². The van der Waals surface area contributed by atoms with Gasteiger partial charge in [0.1, 0.15) is 0 Å². The summed E-state index contributed by atoms with van der Waals surface area (Å²) >= 11 is 0. The Morgan fingerprint density at radius 1 is 0.878 bits per heavy atom. The van der Waals surface area contributed by atoms with Crippen LogP contribution in [0.25, 0.3) is 10.8 Å². The number of nitrogens with zero attached hydrogens (tertiary/aromatic N) is 3. The Kier molecular flexibility index (Phi) is 6.31. The topological polar surface area (TPSA) is 119 Å². The maximum absolute atomic E-state index is 13.3. The average Bonchev–Trinajstić information content (AvgIpc) is 3.88. The minimum Gasteiger partial charge on any atom is -0.392 e. The second kappa shape index (κ2) is 10.2. The van der Waals surface area contributed by atoms with E-state index in [0.717, 1.165) is 46.3 Å². The quantitative estimate of drug-likeness (QED) is 0.351. The molecular weight excluding hydrogens is 518 g/mol. The van der Waals surface area contributed by atoms with Crippen LogP contribution in [0.4, 0.5) is 5.69 Å². The zero-order chi connectivity index (χ0) is 28.1. The Balaban J connectivity index is 1.20. The predicted molar refractivity (Wildman–Crippen MR) is 155 cm³/mol. The molecule has 2 atom stereocenters. The van der Waals surface area contributed by atoms with Crippen molar-refractivity contribution in [2.45, 2.75) is 31.4 Å². The number of amides is 2. The second-order valence-corrected chi connectivity index (χ2v) is 11.2. The normalized spacial score (nSPS) is 20.1. The van der Waals surface area contributed by atoms with E-state index in [1.807, 2.05) is 70.5 Å². The molecule has 0 spiro atoms. The van der Waals surface area contributed by atoms with E-state index in [9.17, 15) is 19.5 Å². The molecule has 9 heteroatoms. The van der Waals surface area contributed by atoms with Gasteiger partial charge in [0.15, 0.2) is 0 Å². The maximum Gasteiger partial charge on any atom is 0.272 e. The lowest BCUT2D eigenvalue weighted by Crippen LogP contribution is -2.51. The minimum absolute atomic E-state index is 0.0336. The van der Waals surface area contributed by atoms with Gasteiger partial charge >= 0.3 is 0 Å². The van der Waals surface area contributed by atoms with Crippen LogP contribution in [-0.2, 0) is 11.4 Å². The molecule has 2 fully saturated rings. The van der Waals surface area contributed by atoms with Gasteiger partial charge in [-0.1, -0.05) is 42.5 Å². The first kappa shape index (κ1) is 25.5. The number of benzene rings is 3. The number of H-pyrrole nitrogens is 1. The molecule has 1 aromatic heterocycles. The highest BCUT2D eigenvalue weighted by molar-refractivity contribution is 5.97. The van der Waals surface area contributed by atoms with Gasteiger partial charge < -0.3 is 20.2 Å². The molecule has 208 valence electrons. The molecule has 3 aliphatic rings. The van der Waals surface area contributed by atoms with E-state index in [0.29, 0.717) is 37.1 Å². The van der Waals surface area contributed by atoms with Gasteiger partial charge in [-0.15, -0.1) is 0 Å². The SMILES string of the molecule is O=C(c1ccc(C2c3n[nH]c(=O)c4cccc(c34)NC2c2ccc(CO)cc2)cc1)N1CCN(C(=O)C2CC2)CC1. The van der Waals surface area contributed by atoms with Gasteiger partial charge in [-0.3, -0.25) is 14.4 Å². The highest BCUT2D eigenvalue weighted by Crippen LogP contribution is 2.46. The number of aromatic nitrogens is 2. The fourth-order valence-corrected chi connectivity index (χ4v) is 6.19. The number of aliphatic hydroxyl groups is 1. The van der Waals surface area contributed by atoms with E-state index in [2.05, 4.69) is 15.5 Å². The molecular formula is C32H31N5O4. The smallest absolute Gasteiger partial charge is 0.272 e. The van der Waals surface area contributed by atoms with Crippen LogP contribution in [0.2, 0.25) is 0 Å². The van der Waals surface area contributed by atoms with E-state index in [-0.39, 0.29) is 41.9 Å². The molecule has 1 saturated heterocycles. The van der Waals surface area contributed by atoms with Gasteiger partial charge in [-0.05, 0) is 53.8 Å². The van der Waals surface area contributed by atoms with Crippen molar-refractivity contribution < 1.29 is 14.7 Å². The van der Waals surface area contributed by atoms with Gasteiger partial charge in [0.05, 0.1) is 29.6 Å². The number of piperazine rings is 1. The van der Waals surface area contributed by atoms with Crippen LogP contribution in [0, 0.1) is 5.92 Å². The number of aromatic amines is 1. The van der Waals surface area contributed by atoms with Gasteiger partial charge in [0.2, 0.25) is 5.91 Å². The molecule has 3 aromatic carbocycles. The zero-order valence-corrected chi connectivity index (χ0v) is 22.5. The Morgan fingerprint density at radius 3 is 2.24 bits per heavy atom. The molecule has 0 radical (unpaired) electrons. The van der Waals surface area contributed by atoms with Gasteiger partial charge in [0.25, 0.3) is 11.5 Å². The molecule has 1 saturated carbocycles. The molecule has 7 rings (SSSR count). The van der Waals surface area contributed by atoms with Crippen molar-refractivity contribution in [3.8, 4) is 0 Å². The minimum atomic E-state index is -0.245. The summed E-state index contributed by atoms with van der Waals surface area (Å²) in [4.78, 5) is 42.1. The number of anilines is 1. The Labute approximate surface area is 236 Å². The number of aliphatic hydroxyl groups excluding tert-OH is 1. The number of rotatable bonds is 5. The Hall–Kier alpha value is -4.50. The summed E-state index contributed by atoms with van der Waals surface area (Å²) in [7, 11) is 0. The lowest BCUT2D eigenvalue weighted by Gasteiger charge is -2.35. The van der Waals surface area contributed by atoms with Crippen molar-refractivity contribution in [2.24, 2.45) is 5.92 Å². The molecule has 3 heterocycles. The van der Waals surface area contributed by atoms with Crippen molar-refractivity contribution in [1.82, 2.24) is 20.0 Å². The third-order valence-corrected chi connectivity index (χ3v) is 8.63. The van der Waals surface area contributed by atoms with E-state index in [1.165, 1.54) is 0 Å². The van der Waals surface area contributed by atoms with Crippen LogP contribution in [-0.4, -0.2) is 63.1 Å². The monoisotopic (exact) mass is 549 g/mol. The van der Waals surface area contributed by atoms with Crippen molar-refractivity contribution in [3.63, 3.8) is 0 Å². The highest BCUT2D eigenvalue weighted by Gasteiger charge is 2.36. The summed E-state index contributed by atoms with van der Waals surface area (Å²) in [6, 6.07) is 20.9. The highest BCUT2D eigenvalue weighted by atomic mass is 16.3. The molecule has 2 amide bonds. The molecule has 4 aromatic rings. The first-order chi connectivity index (χ1) is 20.0. The van der Waals surface area contributed by atoms with Gasteiger partial charge in [0, 0.05) is 48.7 Å². The summed E-state index contributed by atoms with van der Waals surface area (Å²) in [5.74, 6) is 0.142. The Bertz CT molecular complexity index is 1690. The fraction of sp³-hybridized carbons (Fsp3) is 0.312. The third kappa shape index (κ3) is 4.56. The van der Waals surface area contributed by atoms with E-state index in [1.54, 1.807) is 6.07 Å². The van der Waals surface area contributed by atoms with E-state index in [4.69, 9.17) is 0 Å². The van der Waals surface area contributed by atoms with Gasteiger partial charge in [-0.2, -0.15) is 5.10 Å². The van der Waals surface area contributed by atoms with Gasteiger partial charge in [-0.25, -0.2) is 5.10 Å². The van der Waals surface area contributed by atoms with Crippen molar-refractivity contribution in [3.05, 3.63) is 105 Å². The van der Waals surface area contributed by atoms with Crippen molar-refractivity contribution >= 4 is 28.3 Å². The first-order valence-electron chi connectivity index (χ1n) is 14.2.